The SMILES string of the molecule is [Be+2].[Be+2].[Be+2].[Cl-].[Cl-].[O-]CCOc1ccccc1OCC[O-].[O-]CCOc1ccccc1[O-].c1ccccc1. The van der Waals surface area contributed by atoms with E-state index in [2.05, 4.69) is 0 Å². The molecule has 12 heteroatoms. The molecule has 0 saturated carbocycles. The predicted molar refractivity (Wildman–Crippen MR) is 127 cm³/mol. The number of ether oxygens (including phenoxy) is 3. The van der Waals surface area contributed by atoms with Crippen molar-refractivity contribution >= 4 is 30.4 Å². The normalized spacial score (nSPS) is 8.08. The first kappa shape index (κ1) is 43.9. The fourth-order valence-corrected chi connectivity index (χ4v) is 2.10. The maximum absolute atomic E-state index is 10.9. The van der Waals surface area contributed by atoms with E-state index in [1.165, 1.54) is 6.07 Å². The molecule has 0 unspecified atom stereocenters. The van der Waals surface area contributed by atoms with Gasteiger partial charge in [-0.25, -0.2) is 0 Å². The van der Waals surface area contributed by atoms with Crippen molar-refractivity contribution in [2.24, 2.45) is 0 Å². The van der Waals surface area contributed by atoms with Crippen molar-refractivity contribution in [3.8, 4) is 23.0 Å². The molecule has 184 valence electrons. The molecule has 0 fully saturated rings. The summed E-state index contributed by atoms with van der Waals surface area (Å²) in [7, 11) is 0. The van der Waals surface area contributed by atoms with E-state index in [-0.39, 0.29) is 106 Å². The average molecular weight is 524 g/mol. The van der Waals surface area contributed by atoms with Crippen LogP contribution in [0.2, 0.25) is 0 Å². The first-order valence-electron chi connectivity index (χ1n) is 9.70. The second kappa shape index (κ2) is 30.9. The summed E-state index contributed by atoms with van der Waals surface area (Å²) in [5, 5.41) is 41.3. The Hall–Kier alpha value is -2.17. The quantitative estimate of drug-likeness (QED) is 0.255. The molecule has 0 aliphatic carbocycles. The van der Waals surface area contributed by atoms with Crippen LogP contribution in [0.4, 0.5) is 0 Å². The Kier molecular flexibility index (Phi) is 37.6. The van der Waals surface area contributed by atoms with Crippen LogP contribution in [0, 0.1) is 0 Å². The molecule has 0 N–H and O–H groups in total. The predicted octanol–water partition coefficient (Wildman–Crippen LogP) is -6.78. The summed E-state index contributed by atoms with van der Waals surface area (Å²) in [5.74, 6) is 1.10. The van der Waals surface area contributed by atoms with Crippen LogP contribution < -0.4 is 59.5 Å². The van der Waals surface area contributed by atoms with Gasteiger partial charge in [-0.15, -0.1) is 19.8 Å². The molecule has 0 radical (unpaired) electrons. The number of halogens is 2. The summed E-state index contributed by atoms with van der Waals surface area (Å²) in [6, 6.07) is 25.3. The third-order valence-corrected chi connectivity index (χ3v) is 3.39. The van der Waals surface area contributed by atoms with E-state index in [0.29, 0.717) is 11.5 Å². The van der Waals surface area contributed by atoms with Crippen LogP contribution in [0.1, 0.15) is 0 Å². The van der Waals surface area contributed by atoms with Crippen LogP contribution in [-0.2, 0) is 0 Å². The number of benzene rings is 3. The Morgan fingerprint density at radius 2 is 0.722 bits per heavy atom. The van der Waals surface area contributed by atoms with Crippen LogP contribution in [0.25, 0.3) is 0 Å². The molecule has 0 bridgehead atoms. The zero-order chi connectivity index (χ0) is 22.6. The molecule has 0 saturated heterocycles. The minimum atomic E-state index is -0.325. The van der Waals surface area contributed by atoms with Crippen molar-refractivity contribution in [1.29, 1.82) is 0 Å². The summed E-state index contributed by atoms with van der Waals surface area (Å²) in [6.07, 6.45) is 0. The molecule has 0 aliphatic rings. The zero-order valence-electron chi connectivity index (χ0n) is 20.1. The van der Waals surface area contributed by atoms with Gasteiger partial charge in [0, 0.05) is 0 Å². The largest absolute Gasteiger partial charge is 2.00 e. The molecule has 0 heterocycles. The molecular formula is C24H26Be3Cl2O7. The number of para-hydroxylation sites is 4. The summed E-state index contributed by atoms with van der Waals surface area (Å²) in [6.45, 7) is -0.644. The first-order valence-corrected chi connectivity index (χ1v) is 9.70. The molecule has 7 nitrogen and oxygen atoms in total. The molecular weight excluding hydrogens is 498 g/mol. The van der Waals surface area contributed by atoms with Gasteiger partial charge >= 0.3 is 30.4 Å². The van der Waals surface area contributed by atoms with Gasteiger partial charge in [0.2, 0.25) is 0 Å². The molecule has 0 atom stereocenters. The maximum Gasteiger partial charge on any atom is 2.00 e. The Bertz CT molecular complexity index is 769. The zero-order valence-corrected chi connectivity index (χ0v) is 21.6. The Morgan fingerprint density at radius 1 is 0.444 bits per heavy atom. The van der Waals surface area contributed by atoms with Gasteiger partial charge in [0.15, 0.2) is 11.5 Å². The molecule has 0 aliphatic heterocycles. The number of rotatable bonds is 9. The Balaban J connectivity index is -0.000000132. The minimum absolute atomic E-state index is 0. The smallest absolute Gasteiger partial charge is 1.00 e. The van der Waals surface area contributed by atoms with Crippen LogP contribution in [0.5, 0.6) is 23.0 Å². The third kappa shape index (κ3) is 21.1. The summed E-state index contributed by atoms with van der Waals surface area (Å²) in [4.78, 5) is 0. The summed E-state index contributed by atoms with van der Waals surface area (Å²) in [5.41, 5.74) is 0. The van der Waals surface area contributed by atoms with E-state index in [0.717, 1.165) is 0 Å². The third-order valence-electron chi connectivity index (χ3n) is 3.39. The van der Waals surface area contributed by atoms with Gasteiger partial charge in [-0.3, -0.25) is 0 Å². The van der Waals surface area contributed by atoms with Crippen LogP contribution in [0.15, 0.2) is 84.9 Å². The number of hydrogen-bond acceptors (Lipinski definition) is 7. The van der Waals surface area contributed by atoms with Gasteiger partial charge in [-0.1, -0.05) is 72.5 Å². The molecule has 0 amide bonds. The molecule has 36 heavy (non-hydrogen) atoms. The van der Waals surface area contributed by atoms with Gasteiger partial charge in [0.25, 0.3) is 0 Å². The van der Waals surface area contributed by atoms with Crippen LogP contribution in [0.3, 0.4) is 0 Å². The van der Waals surface area contributed by atoms with Crippen molar-refractivity contribution in [2.45, 2.75) is 0 Å². The molecule has 3 aromatic carbocycles. The van der Waals surface area contributed by atoms with E-state index in [4.69, 9.17) is 14.2 Å². The van der Waals surface area contributed by atoms with Gasteiger partial charge in [-0.2, -0.15) is 0 Å². The second-order valence-electron chi connectivity index (χ2n) is 5.71. The molecule has 3 rings (SSSR count). The average Bonchev–Trinajstić information content (AvgIpc) is 2.83. The van der Waals surface area contributed by atoms with Crippen molar-refractivity contribution in [3.63, 3.8) is 0 Å². The summed E-state index contributed by atoms with van der Waals surface area (Å²) < 4.78 is 15.1. The van der Waals surface area contributed by atoms with Crippen molar-refractivity contribution in [2.75, 3.05) is 39.6 Å². The van der Waals surface area contributed by atoms with Crippen LogP contribution in [-0.4, -0.2) is 70.0 Å². The minimum Gasteiger partial charge on any atom is -1.00 e. The van der Waals surface area contributed by atoms with Crippen molar-refractivity contribution in [3.05, 3.63) is 84.9 Å². The standard InChI is InChI=1S/C10H12O4.C8H9O3.C6H6.3Be.2ClH/c11-5-7-13-9-3-1-2-4-10(9)14-8-6-12;9-5-6-11-8-4-2-1-3-7(8)10;1-2-4-6-5-3-1;;;;;/h1-4H,5-8H2;1-4,10H,5-6H2;1-6H;;;;2*1H/q-2;-1;;3*+2;;/p-3. The van der Waals surface area contributed by atoms with E-state index in [1.54, 1.807) is 42.5 Å². The van der Waals surface area contributed by atoms with Crippen molar-refractivity contribution in [1.82, 2.24) is 0 Å². The molecule has 3 aromatic rings. The van der Waals surface area contributed by atoms with Gasteiger partial charge < -0.3 is 59.5 Å². The Morgan fingerprint density at radius 3 is 1.03 bits per heavy atom. The van der Waals surface area contributed by atoms with E-state index >= 15 is 0 Å². The van der Waals surface area contributed by atoms with Gasteiger partial charge in [-0.05, 0) is 18.2 Å². The topological polar surface area (TPSA) is 120 Å². The first-order chi connectivity index (χ1) is 15.2. The van der Waals surface area contributed by atoms with Crippen molar-refractivity contribution < 1.29 is 59.5 Å². The Labute approximate surface area is 236 Å². The van der Waals surface area contributed by atoms with Crippen LogP contribution >= 0.6 is 0 Å². The van der Waals surface area contributed by atoms with E-state index < -0.39 is 0 Å². The number of hydrogen-bond donors (Lipinski definition) is 0. The fraction of sp³-hybridized carbons (Fsp3) is 0.250. The molecule has 0 spiro atoms. The van der Waals surface area contributed by atoms with Gasteiger partial charge in [0.1, 0.15) is 5.75 Å². The maximum atomic E-state index is 10.9. The van der Waals surface area contributed by atoms with E-state index in [9.17, 15) is 20.4 Å². The monoisotopic (exact) mass is 523 g/mol. The van der Waals surface area contributed by atoms with E-state index in [1.807, 2.05) is 36.4 Å². The fourth-order valence-electron chi connectivity index (χ4n) is 2.10. The molecule has 0 aromatic heterocycles. The second-order valence-corrected chi connectivity index (χ2v) is 5.71. The summed E-state index contributed by atoms with van der Waals surface area (Å²) >= 11 is 0. The van der Waals surface area contributed by atoms with Gasteiger partial charge in [0.05, 0.1) is 19.8 Å².